The van der Waals surface area contributed by atoms with Crippen molar-refractivity contribution in [3.8, 4) is 0 Å². The summed E-state index contributed by atoms with van der Waals surface area (Å²) in [4.78, 5) is 54.7. The molecule has 19 heteroatoms. The smallest absolute Gasteiger partial charge is 0.351 e. The van der Waals surface area contributed by atoms with E-state index in [0.717, 1.165) is 15.2 Å². The molecule has 39 heavy (non-hydrogen) atoms. The number of aliphatic hydroxyl groups is 2. The van der Waals surface area contributed by atoms with Crippen molar-refractivity contribution < 1.29 is 43.1 Å². The highest BCUT2D eigenvalue weighted by Crippen LogP contribution is 2.46. The average molecular weight is 593 g/mol. The number of nitrogens with two attached hydrogens (primary N) is 1. The van der Waals surface area contributed by atoms with Gasteiger partial charge in [0.05, 0.1) is 13.2 Å². The maximum atomic E-state index is 13.1. The Morgan fingerprint density at radius 1 is 1.10 bits per heavy atom. The number of aromatic nitrogens is 4. The van der Waals surface area contributed by atoms with Gasteiger partial charge in [-0.15, -0.1) is 0 Å². The number of aliphatic hydroxyl groups excluding tert-OH is 2. The predicted molar refractivity (Wildman–Crippen MR) is 132 cm³/mol. The summed E-state index contributed by atoms with van der Waals surface area (Å²) in [6, 6.07) is 2.45. The van der Waals surface area contributed by atoms with E-state index >= 15 is 0 Å². The molecule has 5 N–H and O–H groups in total. The quantitative estimate of drug-likeness (QED) is 0.196. The van der Waals surface area contributed by atoms with Crippen molar-refractivity contribution in [3.63, 3.8) is 0 Å². The molecule has 2 aromatic heterocycles. The van der Waals surface area contributed by atoms with Crippen LogP contribution in [0.2, 0.25) is 0 Å². The first kappa shape index (κ1) is 29.6. The van der Waals surface area contributed by atoms with Crippen molar-refractivity contribution in [2.45, 2.75) is 49.1 Å². The summed E-state index contributed by atoms with van der Waals surface area (Å²) in [6.45, 7) is -5.51. The van der Waals surface area contributed by atoms with Crippen LogP contribution in [0.3, 0.4) is 0 Å². The van der Waals surface area contributed by atoms with Crippen LogP contribution in [0.4, 0.5) is 5.82 Å². The van der Waals surface area contributed by atoms with Crippen LogP contribution in [-0.2, 0) is 39.8 Å². The lowest BCUT2D eigenvalue weighted by atomic mass is 10.1. The Morgan fingerprint density at radius 2 is 1.74 bits per heavy atom. The molecule has 17 nitrogen and oxygen atoms in total. The lowest BCUT2D eigenvalue weighted by molar-refractivity contribution is -0.218. The van der Waals surface area contributed by atoms with E-state index in [1.165, 1.54) is 32.7 Å². The lowest BCUT2D eigenvalue weighted by Crippen LogP contribution is -2.40. The summed E-state index contributed by atoms with van der Waals surface area (Å²) >= 11 is 5.03. The van der Waals surface area contributed by atoms with E-state index in [2.05, 4.69) is 9.97 Å². The molecule has 2 aliphatic heterocycles. The molecule has 4 heterocycles. The Labute approximate surface area is 224 Å². The average Bonchev–Trinajstić information content (AvgIpc) is 3.38. The van der Waals surface area contributed by atoms with Gasteiger partial charge in [-0.2, -0.15) is 4.98 Å². The second-order valence-corrected chi connectivity index (χ2v) is 11.3. The molecular weight excluding hydrogens is 565 g/mol. The van der Waals surface area contributed by atoms with Gasteiger partial charge in [0.25, 0.3) is 5.56 Å². The Balaban J connectivity index is 1.47. The predicted octanol–water partition coefficient (Wildman–Crippen LogP) is -3.46. The molecule has 2 saturated heterocycles. The molecule has 3 unspecified atom stereocenters. The van der Waals surface area contributed by atoms with Gasteiger partial charge in [0.15, 0.2) is 12.5 Å². The van der Waals surface area contributed by atoms with E-state index in [1.807, 2.05) is 0 Å². The zero-order valence-corrected chi connectivity index (χ0v) is 22.3. The van der Waals surface area contributed by atoms with Crippen LogP contribution in [0, 0.1) is 0 Å². The van der Waals surface area contributed by atoms with Gasteiger partial charge in [-0.05, 0) is 6.07 Å². The molecular formula is C20H27N5O12PS-. The third-order valence-electron chi connectivity index (χ3n) is 6.22. The van der Waals surface area contributed by atoms with Gasteiger partial charge in [0.1, 0.15) is 49.2 Å². The number of hydrogen-bond donors (Lipinski definition) is 4. The zero-order valence-electron chi connectivity index (χ0n) is 20.6. The number of nitrogen functional groups attached to an aromatic ring is 1. The number of aromatic amines is 1. The highest BCUT2D eigenvalue weighted by atomic mass is 32.5. The summed E-state index contributed by atoms with van der Waals surface area (Å²) in [5, 5.41) is 20.5. The van der Waals surface area contributed by atoms with Crippen LogP contribution in [0.1, 0.15) is 12.5 Å². The Hall–Kier alpha value is -2.35. The number of H-pyrrole nitrogens is 1. The number of methoxy groups -OCH3 is 2. The Morgan fingerprint density at radius 3 is 2.36 bits per heavy atom. The number of nitrogens with zero attached hydrogens (tertiary/aromatic N) is 3. The van der Waals surface area contributed by atoms with E-state index in [4.69, 9.17) is 45.5 Å². The summed E-state index contributed by atoms with van der Waals surface area (Å²) in [5.74, 6) is -0.0159. The van der Waals surface area contributed by atoms with Gasteiger partial charge in [-0.25, -0.2) is 9.59 Å². The number of anilines is 1. The van der Waals surface area contributed by atoms with E-state index in [1.54, 1.807) is 0 Å². The van der Waals surface area contributed by atoms with Crippen molar-refractivity contribution in [3.05, 3.63) is 55.8 Å². The second-order valence-electron chi connectivity index (χ2n) is 8.58. The molecule has 9 atom stereocenters. The standard InChI is InChI=1S/C20H28N5O12PS/c1-32-15-13(28)10(36-17(15)25-6-4-12(27)23-20(25)30)8-34-38(31,39)37-14-9(7-26)35-18(16(14)33-2)24-5-3-11(21)22-19(24)29/h3-6,9-10,13-18,26,28H,7-8H2,1-2H3,(H,31,39)(H2,21,22,29)(H,23,27,30)/p-1/t9-,10-,13?,14?,15+,16+,17-,18-,38?/m1/s1. The number of rotatable bonds is 10. The highest BCUT2D eigenvalue weighted by Gasteiger charge is 2.49. The van der Waals surface area contributed by atoms with Gasteiger partial charge in [-0.1, -0.05) is 11.8 Å². The lowest BCUT2D eigenvalue weighted by Gasteiger charge is -2.34. The molecule has 2 aromatic rings. The van der Waals surface area contributed by atoms with Crippen LogP contribution < -0.4 is 27.6 Å². The molecule has 2 fully saturated rings. The van der Waals surface area contributed by atoms with E-state index in [-0.39, 0.29) is 5.82 Å². The normalized spacial score (nSPS) is 32.3. The minimum Gasteiger partial charge on any atom is -0.780 e. The summed E-state index contributed by atoms with van der Waals surface area (Å²) < 4.78 is 35.0. The first-order valence-electron chi connectivity index (χ1n) is 11.4. The number of ether oxygens (including phenoxy) is 4. The molecule has 0 bridgehead atoms. The third kappa shape index (κ3) is 6.21. The maximum absolute atomic E-state index is 13.1. The van der Waals surface area contributed by atoms with Crippen molar-refractivity contribution >= 4 is 24.3 Å². The monoisotopic (exact) mass is 592 g/mol. The van der Waals surface area contributed by atoms with Crippen LogP contribution in [0.25, 0.3) is 0 Å². The van der Waals surface area contributed by atoms with Crippen LogP contribution >= 0.6 is 6.72 Å². The van der Waals surface area contributed by atoms with Gasteiger partial charge in [-0.3, -0.25) is 18.9 Å². The minimum atomic E-state index is -4.35. The molecule has 2 aliphatic rings. The van der Waals surface area contributed by atoms with Gasteiger partial charge < -0.3 is 48.8 Å². The van der Waals surface area contributed by atoms with Crippen LogP contribution in [0.15, 0.2) is 38.9 Å². The van der Waals surface area contributed by atoms with Crippen LogP contribution in [0.5, 0.6) is 0 Å². The van der Waals surface area contributed by atoms with E-state index in [0.29, 0.717) is 0 Å². The molecule has 0 aliphatic carbocycles. The molecule has 0 radical (unpaired) electrons. The first-order chi connectivity index (χ1) is 18.5. The molecule has 0 amide bonds. The molecule has 216 valence electrons. The Bertz CT molecular complexity index is 1390. The topological polar surface area (TPSA) is 235 Å². The minimum absolute atomic E-state index is 0.0159. The fourth-order valence-corrected chi connectivity index (χ4v) is 5.81. The number of hydrogen-bond acceptors (Lipinski definition) is 15. The number of nitrogens with one attached hydrogen (secondary N) is 1. The van der Waals surface area contributed by atoms with Crippen molar-refractivity contribution in [1.29, 1.82) is 0 Å². The highest BCUT2D eigenvalue weighted by molar-refractivity contribution is 8.06. The molecule has 0 saturated carbocycles. The second kappa shape index (κ2) is 12.0. The van der Waals surface area contributed by atoms with Crippen molar-refractivity contribution in [1.82, 2.24) is 19.1 Å². The third-order valence-corrected chi connectivity index (χ3v) is 7.76. The van der Waals surface area contributed by atoms with Gasteiger partial charge >= 0.3 is 11.4 Å². The molecule has 0 aromatic carbocycles. The summed E-state index contributed by atoms with van der Waals surface area (Å²) in [6.07, 6.45) is -6.81. The Kier molecular flexibility index (Phi) is 9.14. The fourth-order valence-electron chi connectivity index (χ4n) is 4.38. The summed E-state index contributed by atoms with van der Waals surface area (Å²) in [5.41, 5.74) is 3.35. The SMILES string of the molecule is CO[C@H]1C(O)[C@@H](COP([O-])(=S)OC2[C@@H](CO)O[C@@H](n3ccc(N)nc3=O)[C@H]2OC)O[C@H]1n1ccc(=O)[nH]c1=O. The fraction of sp³-hybridized carbons (Fsp3) is 0.600. The molecule has 4 rings (SSSR count). The van der Waals surface area contributed by atoms with E-state index < -0.39 is 86.0 Å². The van der Waals surface area contributed by atoms with Crippen molar-refractivity contribution in [2.75, 3.05) is 33.2 Å². The van der Waals surface area contributed by atoms with E-state index in [9.17, 15) is 29.5 Å². The van der Waals surface area contributed by atoms with Gasteiger partial charge in [0, 0.05) is 32.7 Å². The maximum Gasteiger partial charge on any atom is 0.351 e. The molecule has 0 spiro atoms. The van der Waals surface area contributed by atoms with Crippen LogP contribution in [-0.4, -0.2) is 93.4 Å². The largest absolute Gasteiger partial charge is 0.780 e. The van der Waals surface area contributed by atoms with Gasteiger partial charge in [0.2, 0.25) is 0 Å². The first-order valence-corrected chi connectivity index (χ1v) is 14.0. The van der Waals surface area contributed by atoms with Crippen molar-refractivity contribution in [2.24, 2.45) is 0 Å². The summed E-state index contributed by atoms with van der Waals surface area (Å²) in [7, 11) is 2.57. The zero-order chi connectivity index (χ0) is 28.5.